The van der Waals surface area contributed by atoms with Gasteiger partial charge in [-0.1, -0.05) is 36.4 Å². The Bertz CT molecular complexity index is 850. The maximum atomic E-state index is 5.80. The molecule has 0 saturated heterocycles. The van der Waals surface area contributed by atoms with E-state index in [-0.39, 0.29) is 0 Å². The van der Waals surface area contributed by atoms with Gasteiger partial charge in [-0.05, 0) is 42.0 Å². The molecule has 3 aromatic rings. The third-order valence-electron chi connectivity index (χ3n) is 4.04. The first-order chi connectivity index (χ1) is 13.8. The van der Waals surface area contributed by atoms with Crippen LogP contribution >= 0.6 is 11.3 Å². The van der Waals surface area contributed by atoms with Crippen molar-refractivity contribution in [3.8, 4) is 5.88 Å². The summed E-state index contributed by atoms with van der Waals surface area (Å²) < 4.78 is 5.80. The van der Waals surface area contributed by atoms with E-state index in [1.54, 1.807) is 17.5 Å². The third-order valence-corrected chi connectivity index (χ3v) is 4.97. The van der Waals surface area contributed by atoms with Crippen LogP contribution in [-0.2, 0) is 19.6 Å². The number of nitrogens with one attached hydrogen (secondary N) is 2. The summed E-state index contributed by atoms with van der Waals surface area (Å²) in [6, 6.07) is 18.2. The first-order valence-corrected chi connectivity index (χ1v) is 10.4. The number of ether oxygens (including phenoxy) is 1. The molecular weight excluding hydrogens is 368 g/mol. The van der Waals surface area contributed by atoms with Crippen molar-refractivity contribution >= 4 is 17.3 Å². The van der Waals surface area contributed by atoms with Gasteiger partial charge >= 0.3 is 0 Å². The zero-order valence-corrected chi connectivity index (χ0v) is 16.9. The normalized spacial score (nSPS) is 11.2. The lowest BCUT2D eigenvalue weighted by molar-refractivity contribution is 0.293. The van der Waals surface area contributed by atoms with E-state index in [0.717, 1.165) is 36.6 Å². The van der Waals surface area contributed by atoms with Crippen LogP contribution in [0.25, 0.3) is 0 Å². The summed E-state index contributed by atoms with van der Waals surface area (Å²) in [6.45, 7) is 4.82. The van der Waals surface area contributed by atoms with E-state index in [4.69, 9.17) is 4.74 Å². The van der Waals surface area contributed by atoms with Crippen LogP contribution in [-0.4, -0.2) is 24.0 Å². The quantitative estimate of drug-likeness (QED) is 0.425. The molecule has 0 fully saturated rings. The van der Waals surface area contributed by atoms with Crippen molar-refractivity contribution in [2.45, 2.75) is 26.5 Å². The Hall–Kier alpha value is -2.86. The first-order valence-electron chi connectivity index (χ1n) is 9.49. The molecule has 28 heavy (non-hydrogen) atoms. The number of aliphatic imine (C=N–C) groups is 1. The molecule has 0 aliphatic heterocycles. The number of aromatic nitrogens is 1. The van der Waals surface area contributed by atoms with Gasteiger partial charge in [0.05, 0.1) is 6.54 Å². The van der Waals surface area contributed by atoms with Crippen molar-refractivity contribution in [2.75, 3.05) is 13.1 Å². The monoisotopic (exact) mass is 394 g/mol. The van der Waals surface area contributed by atoms with E-state index in [1.165, 1.54) is 4.88 Å². The Morgan fingerprint density at radius 3 is 2.75 bits per heavy atom. The molecule has 0 amide bonds. The van der Waals surface area contributed by atoms with E-state index in [0.29, 0.717) is 19.0 Å². The fourth-order valence-electron chi connectivity index (χ4n) is 2.63. The molecule has 2 N–H and O–H groups in total. The number of rotatable bonds is 9. The van der Waals surface area contributed by atoms with Crippen LogP contribution in [0.3, 0.4) is 0 Å². The van der Waals surface area contributed by atoms with Crippen molar-refractivity contribution in [3.63, 3.8) is 0 Å². The molecule has 5 nitrogen and oxygen atoms in total. The van der Waals surface area contributed by atoms with Crippen LogP contribution in [0.2, 0.25) is 0 Å². The minimum Gasteiger partial charge on any atom is -0.473 e. The van der Waals surface area contributed by atoms with Crippen LogP contribution in [0.5, 0.6) is 5.88 Å². The number of thiophene rings is 1. The summed E-state index contributed by atoms with van der Waals surface area (Å²) in [5, 5.41) is 8.79. The third kappa shape index (κ3) is 6.70. The van der Waals surface area contributed by atoms with Gasteiger partial charge in [0.15, 0.2) is 5.96 Å². The maximum Gasteiger partial charge on any atom is 0.213 e. The molecule has 2 heterocycles. The summed E-state index contributed by atoms with van der Waals surface area (Å²) >= 11 is 1.78. The fourth-order valence-corrected chi connectivity index (χ4v) is 3.34. The van der Waals surface area contributed by atoms with Gasteiger partial charge in [0.25, 0.3) is 0 Å². The second kappa shape index (κ2) is 11.1. The second-order valence-corrected chi connectivity index (χ2v) is 7.26. The summed E-state index contributed by atoms with van der Waals surface area (Å²) in [7, 11) is 0. The van der Waals surface area contributed by atoms with Gasteiger partial charge in [-0.3, -0.25) is 0 Å². The summed E-state index contributed by atoms with van der Waals surface area (Å²) in [5.74, 6) is 1.44. The van der Waals surface area contributed by atoms with Crippen LogP contribution in [0.4, 0.5) is 0 Å². The van der Waals surface area contributed by atoms with E-state index in [1.807, 2.05) is 42.5 Å². The molecule has 2 aromatic heterocycles. The highest BCUT2D eigenvalue weighted by atomic mass is 32.1. The first kappa shape index (κ1) is 19.9. The van der Waals surface area contributed by atoms with Gasteiger partial charge in [0, 0.05) is 30.2 Å². The number of guanidine groups is 1. The minimum atomic E-state index is 0.507. The van der Waals surface area contributed by atoms with Crippen molar-refractivity contribution in [3.05, 3.63) is 82.2 Å². The molecule has 146 valence electrons. The topological polar surface area (TPSA) is 58.5 Å². The zero-order chi connectivity index (χ0) is 19.4. The van der Waals surface area contributed by atoms with Crippen LogP contribution in [0, 0.1) is 0 Å². The number of hydrogen-bond acceptors (Lipinski definition) is 4. The molecule has 0 bridgehead atoms. The summed E-state index contributed by atoms with van der Waals surface area (Å²) in [5.41, 5.74) is 2.19. The molecule has 0 aliphatic carbocycles. The van der Waals surface area contributed by atoms with Crippen LogP contribution in [0.15, 0.2) is 71.2 Å². The van der Waals surface area contributed by atoms with E-state index >= 15 is 0 Å². The SMILES string of the molecule is CCNC(=NCc1ccnc(OCc2ccccc2)c1)NCCc1cccs1. The fraction of sp³-hybridized carbons (Fsp3) is 0.273. The molecule has 1 aromatic carbocycles. The Morgan fingerprint density at radius 1 is 1.07 bits per heavy atom. The van der Waals surface area contributed by atoms with Crippen molar-refractivity contribution in [2.24, 2.45) is 4.99 Å². The molecule has 0 atom stereocenters. The molecule has 0 unspecified atom stereocenters. The Kier molecular flexibility index (Phi) is 7.88. The lowest BCUT2D eigenvalue weighted by Gasteiger charge is -2.11. The van der Waals surface area contributed by atoms with Crippen molar-refractivity contribution in [1.82, 2.24) is 15.6 Å². The average molecular weight is 395 g/mol. The van der Waals surface area contributed by atoms with Crippen LogP contribution < -0.4 is 15.4 Å². The highest BCUT2D eigenvalue weighted by Gasteiger charge is 2.02. The highest BCUT2D eigenvalue weighted by molar-refractivity contribution is 7.09. The second-order valence-electron chi connectivity index (χ2n) is 6.23. The highest BCUT2D eigenvalue weighted by Crippen LogP contribution is 2.13. The minimum absolute atomic E-state index is 0.507. The Balaban J connectivity index is 1.52. The van der Waals surface area contributed by atoms with Crippen LogP contribution in [0.1, 0.15) is 22.9 Å². The number of nitrogens with zero attached hydrogens (tertiary/aromatic N) is 2. The number of benzene rings is 1. The maximum absolute atomic E-state index is 5.80. The van der Waals surface area contributed by atoms with Gasteiger partial charge in [-0.15, -0.1) is 11.3 Å². The molecule has 0 spiro atoms. The van der Waals surface area contributed by atoms with Gasteiger partial charge < -0.3 is 15.4 Å². The van der Waals surface area contributed by atoms with E-state index in [9.17, 15) is 0 Å². The molecule has 6 heteroatoms. The average Bonchev–Trinajstić information content (AvgIpc) is 3.25. The molecule has 3 rings (SSSR count). The molecule has 0 aliphatic rings. The largest absolute Gasteiger partial charge is 0.473 e. The van der Waals surface area contributed by atoms with Gasteiger partial charge in [-0.2, -0.15) is 0 Å². The van der Waals surface area contributed by atoms with Gasteiger partial charge in [0.2, 0.25) is 5.88 Å². The Labute approximate surface area is 170 Å². The lowest BCUT2D eigenvalue weighted by atomic mass is 10.2. The van der Waals surface area contributed by atoms with E-state index < -0.39 is 0 Å². The molecule has 0 saturated carbocycles. The van der Waals surface area contributed by atoms with Crippen molar-refractivity contribution < 1.29 is 4.74 Å². The zero-order valence-electron chi connectivity index (χ0n) is 16.1. The summed E-state index contributed by atoms with van der Waals surface area (Å²) in [4.78, 5) is 10.3. The Morgan fingerprint density at radius 2 is 1.96 bits per heavy atom. The number of hydrogen-bond donors (Lipinski definition) is 2. The van der Waals surface area contributed by atoms with Gasteiger partial charge in [0.1, 0.15) is 6.61 Å². The predicted octanol–water partition coefficient (Wildman–Crippen LogP) is 4.02. The lowest BCUT2D eigenvalue weighted by Crippen LogP contribution is -2.38. The standard InChI is InChI=1S/C22H26N4OS/c1-2-23-22(25-13-11-20-9-6-14-28-20)26-16-19-10-12-24-21(15-19)27-17-18-7-4-3-5-8-18/h3-10,12,14-15H,2,11,13,16-17H2,1H3,(H2,23,25,26). The summed E-state index contributed by atoms with van der Waals surface area (Å²) in [6.07, 6.45) is 2.76. The molecule has 0 radical (unpaired) electrons. The number of pyridine rings is 1. The predicted molar refractivity (Wildman–Crippen MR) is 116 cm³/mol. The van der Waals surface area contributed by atoms with Crippen molar-refractivity contribution in [1.29, 1.82) is 0 Å². The van der Waals surface area contributed by atoms with E-state index in [2.05, 4.69) is 45.0 Å². The van der Waals surface area contributed by atoms with Gasteiger partial charge in [-0.25, -0.2) is 9.98 Å². The smallest absolute Gasteiger partial charge is 0.213 e. The molecular formula is C22H26N4OS.